The lowest BCUT2D eigenvalue weighted by Gasteiger charge is -2.33. The number of sulfonamides is 1. The maximum absolute atomic E-state index is 13.5. The summed E-state index contributed by atoms with van der Waals surface area (Å²) in [6.07, 6.45) is 0. The molecule has 34 heavy (non-hydrogen) atoms. The molecule has 0 amide bonds. The van der Waals surface area contributed by atoms with Gasteiger partial charge < -0.3 is 4.57 Å². The van der Waals surface area contributed by atoms with E-state index in [1.165, 1.54) is 41.6 Å². The van der Waals surface area contributed by atoms with Crippen LogP contribution in [0.15, 0.2) is 53.4 Å². The number of Topliss-reactive ketones (excluding diaryl/α,β-unsaturated/α-hetero) is 1. The van der Waals surface area contributed by atoms with E-state index in [9.17, 15) is 22.0 Å². The smallest absolute Gasteiger partial charge is 0.243 e. The molecule has 1 aromatic heterocycles. The van der Waals surface area contributed by atoms with E-state index in [4.69, 9.17) is 0 Å². The Hall–Kier alpha value is -2.88. The summed E-state index contributed by atoms with van der Waals surface area (Å²) in [7, 11) is -3.72. The van der Waals surface area contributed by atoms with Crippen LogP contribution in [-0.2, 0) is 10.0 Å². The van der Waals surface area contributed by atoms with E-state index >= 15 is 0 Å². The second kappa shape index (κ2) is 9.40. The van der Waals surface area contributed by atoms with Gasteiger partial charge in [-0.15, -0.1) is 0 Å². The number of carbonyl (C=O) groups excluding carboxylic acids is 1. The molecule has 0 aliphatic carbocycles. The molecule has 2 heterocycles. The van der Waals surface area contributed by atoms with Crippen LogP contribution in [0.1, 0.15) is 27.3 Å². The Morgan fingerprint density at radius 1 is 0.912 bits per heavy atom. The molecule has 9 heteroatoms. The molecular formula is C25H27F2N3O3S. The van der Waals surface area contributed by atoms with Crippen molar-refractivity contribution in [3.05, 3.63) is 82.7 Å². The van der Waals surface area contributed by atoms with Crippen molar-refractivity contribution in [2.45, 2.75) is 25.7 Å². The third-order valence-corrected chi connectivity index (χ3v) is 8.18. The van der Waals surface area contributed by atoms with Crippen LogP contribution in [0.5, 0.6) is 0 Å². The van der Waals surface area contributed by atoms with E-state index in [1.54, 1.807) is 12.1 Å². The molecule has 0 spiro atoms. The summed E-state index contributed by atoms with van der Waals surface area (Å²) in [5, 5.41) is 0. The number of halogens is 2. The summed E-state index contributed by atoms with van der Waals surface area (Å²) in [4.78, 5) is 15.1. The zero-order valence-electron chi connectivity index (χ0n) is 19.4. The van der Waals surface area contributed by atoms with Gasteiger partial charge in [-0.1, -0.05) is 0 Å². The third-order valence-electron chi connectivity index (χ3n) is 6.28. The summed E-state index contributed by atoms with van der Waals surface area (Å²) < 4.78 is 56.0. The van der Waals surface area contributed by atoms with Gasteiger partial charge in [0, 0.05) is 48.8 Å². The Morgan fingerprint density at radius 2 is 1.56 bits per heavy atom. The van der Waals surface area contributed by atoms with Crippen molar-refractivity contribution < 1.29 is 22.0 Å². The van der Waals surface area contributed by atoms with Gasteiger partial charge in [-0.05, 0) is 74.9 Å². The van der Waals surface area contributed by atoms with Crippen LogP contribution in [0, 0.1) is 32.4 Å². The first-order chi connectivity index (χ1) is 16.1. The molecule has 180 valence electrons. The molecule has 4 rings (SSSR count). The monoisotopic (exact) mass is 487 g/mol. The number of ketones is 1. The number of carbonyl (C=O) groups is 1. The van der Waals surface area contributed by atoms with Crippen LogP contribution in [0.2, 0.25) is 0 Å². The van der Waals surface area contributed by atoms with Crippen molar-refractivity contribution in [3.63, 3.8) is 0 Å². The average molecular weight is 488 g/mol. The molecule has 1 aliphatic heterocycles. The van der Waals surface area contributed by atoms with Crippen LogP contribution >= 0.6 is 0 Å². The molecule has 1 aliphatic rings. The Balaban J connectivity index is 1.43. The predicted molar refractivity (Wildman–Crippen MR) is 126 cm³/mol. The maximum Gasteiger partial charge on any atom is 0.243 e. The molecule has 3 aromatic rings. The fourth-order valence-electron chi connectivity index (χ4n) is 4.38. The van der Waals surface area contributed by atoms with Gasteiger partial charge in [-0.2, -0.15) is 4.31 Å². The molecule has 2 aromatic carbocycles. The van der Waals surface area contributed by atoms with Gasteiger partial charge in [0.25, 0.3) is 0 Å². The minimum absolute atomic E-state index is 0.0491. The highest BCUT2D eigenvalue weighted by atomic mass is 32.2. The fourth-order valence-corrected chi connectivity index (χ4v) is 5.88. The summed E-state index contributed by atoms with van der Waals surface area (Å²) in [6, 6.07) is 11.7. The van der Waals surface area contributed by atoms with Crippen molar-refractivity contribution in [1.29, 1.82) is 0 Å². The molecular weight excluding hydrogens is 460 g/mol. The second-order valence-electron chi connectivity index (χ2n) is 8.61. The Kier molecular flexibility index (Phi) is 6.71. The van der Waals surface area contributed by atoms with Crippen LogP contribution in [-0.4, -0.2) is 60.7 Å². The number of aromatic nitrogens is 1. The predicted octanol–water partition coefficient (Wildman–Crippen LogP) is 3.87. The quantitative estimate of drug-likeness (QED) is 0.496. The molecule has 0 radical (unpaired) electrons. The van der Waals surface area contributed by atoms with Crippen LogP contribution in [0.25, 0.3) is 5.69 Å². The summed E-state index contributed by atoms with van der Waals surface area (Å²) >= 11 is 0. The number of hydrogen-bond acceptors (Lipinski definition) is 4. The van der Waals surface area contributed by atoms with Crippen LogP contribution in [0.3, 0.4) is 0 Å². The number of nitrogens with zero attached hydrogens (tertiary/aromatic N) is 3. The van der Waals surface area contributed by atoms with Gasteiger partial charge in [0.05, 0.1) is 11.4 Å². The summed E-state index contributed by atoms with van der Waals surface area (Å²) in [5.41, 5.74) is 3.31. The van der Waals surface area contributed by atoms with Gasteiger partial charge in [-0.25, -0.2) is 17.2 Å². The van der Waals surface area contributed by atoms with Gasteiger partial charge in [0.2, 0.25) is 10.0 Å². The Labute approximate surface area is 198 Å². The zero-order valence-corrected chi connectivity index (χ0v) is 20.2. The molecule has 0 N–H and O–H groups in total. The van der Waals surface area contributed by atoms with Gasteiger partial charge in [0.15, 0.2) is 5.78 Å². The molecule has 1 fully saturated rings. The van der Waals surface area contributed by atoms with Crippen molar-refractivity contribution in [1.82, 2.24) is 13.8 Å². The van der Waals surface area contributed by atoms with E-state index in [0.29, 0.717) is 18.7 Å². The summed E-state index contributed by atoms with van der Waals surface area (Å²) in [6.45, 7) is 6.81. The van der Waals surface area contributed by atoms with Gasteiger partial charge in [-0.3, -0.25) is 9.69 Å². The minimum atomic E-state index is -3.72. The van der Waals surface area contributed by atoms with E-state index in [0.717, 1.165) is 17.1 Å². The molecule has 6 nitrogen and oxygen atoms in total. The zero-order chi connectivity index (χ0) is 24.6. The standard InChI is InChI=1S/C25H27F2N3O3S/c1-17-14-22(8-9-24(17)27)34(32,33)29-12-10-28(11-13-29)16-25(31)23-15-18(2)30(19(23)3)21-6-4-20(26)5-7-21/h4-9,14-15H,10-13,16H2,1-3H3. The highest BCUT2D eigenvalue weighted by molar-refractivity contribution is 7.89. The Bertz CT molecular complexity index is 1330. The fraction of sp³-hybridized carbons (Fsp3) is 0.320. The third kappa shape index (κ3) is 4.68. The molecule has 1 saturated heterocycles. The first-order valence-electron chi connectivity index (χ1n) is 11.0. The van der Waals surface area contributed by atoms with Crippen molar-refractivity contribution in [2.24, 2.45) is 0 Å². The van der Waals surface area contributed by atoms with Gasteiger partial charge >= 0.3 is 0 Å². The van der Waals surface area contributed by atoms with E-state index in [1.807, 2.05) is 29.4 Å². The number of rotatable bonds is 6. The first-order valence-corrected chi connectivity index (χ1v) is 12.5. The normalized spacial score (nSPS) is 15.6. The number of hydrogen-bond donors (Lipinski definition) is 0. The number of aryl methyl sites for hydroxylation is 2. The summed E-state index contributed by atoms with van der Waals surface area (Å²) in [5.74, 6) is -0.814. The highest BCUT2D eigenvalue weighted by Gasteiger charge is 2.30. The Morgan fingerprint density at radius 3 is 2.18 bits per heavy atom. The van der Waals surface area contributed by atoms with Gasteiger partial charge in [0.1, 0.15) is 11.6 Å². The molecule has 0 unspecified atom stereocenters. The lowest BCUT2D eigenvalue weighted by Crippen LogP contribution is -2.49. The van der Waals surface area contributed by atoms with E-state index in [-0.39, 0.29) is 41.7 Å². The second-order valence-corrected chi connectivity index (χ2v) is 10.5. The van der Waals surface area contributed by atoms with E-state index in [2.05, 4.69) is 0 Å². The topological polar surface area (TPSA) is 62.6 Å². The van der Waals surface area contributed by atoms with Crippen LogP contribution in [0.4, 0.5) is 8.78 Å². The van der Waals surface area contributed by atoms with E-state index < -0.39 is 15.8 Å². The molecule has 0 atom stereocenters. The highest BCUT2D eigenvalue weighted by Crippen LogP contribution is 2.23. The lowest BCUT2D eigenvalue weighted by molar-refractivity contribution is 0.0901. The SMILES string of the molecule is Cc1cc(S(=O)(=O)N2CCN(CC(=O)c3cc(C)n(-c4ccc(F)cc4)c3C)CC2)ccc1F. The number of benzene rings is 2. The molecule has 0 saturated carbocycles. The van der Waals surface area contributed by atoms with Crippen molar-refractivity contribution in [2.75, 3.05) is 32.7 Å². The van der Waals surface area contributed by atoms with Crippen LogP contribution < -0.4 is 0 Å². The average Bonchev–Trinajstić information content (AvgIpc) is 3.10. The first kappa shape index (κ1) is 24.3. The molecule has 0 bridgehead atoms. The number of piperazine rings is 1. The van der Waals surface area contributed by atoms with Crippen molar-refractivity contribution in [3.8, 4) is 5.69 Å². The largest absolute Gasteiger partial charge is 0.318 e. The lowest BCUT2D eigenvalue weighted by atomic mass is 10.1. The maximum atomic E-state index is 13.5. The minimum Gasteiger partial charge on any atom is -0.318 e. The van der Waals surface area contributed by atoms with Crippen molar-refractivity contribution >= 4 is 15.8 Å².